The maximum absolute atomic E-state index is 12.5. The van der Waals surface area contributed by atoms with Crippen molar-refractivity contribution in [2.24, 2.45) is 0 Å². The van der Waals surface area contributed by atoms with Crippen molar-refractivity contribution in [3.8, 4) is 0 Å². The van der Waals surface area contributed by atoms with Crippen LogP contribution in [0.4, 0.5) is 16.2 Å². The van der Waals surface area contributed by atoms with Gasteiger partial charge >= 0.3 is 6.03 Å². The SMILES string of the molecule is CSc1ccc(NC(=O)N[C@@H]2CCN(c3ccccc3)C2=O)cc1. The van der Waals surface area contributed by atoms with Crippen LogP contribution in [0.3, 0.4) is 0 Å². The normalized spacial score (nSPS) is 17.0. The summed E-state index contributed by atoms with van der Waals surface area (Å²) in [5.41, 5.74) is 1.57. The van der Waals surface area contributed by atoms with Crippen LogP contribution in [0, 0.1) is 0 Å². The van der Waals surface area contributed by atoms with Crippen LogP contribution < -0.4 is 15.5 Å². The Kier molecular flexibility index (Phi) is 5.05. The molecule has 2 N–H and O–H groups in total. The number of benzene rings is 2. The van der Waals surface area contributed by atoms with Crippen molar-refractivity contribution in [2.45, 2.75) is 17.4 Å². The number of urea groups is 1. The second kappa shape index (κ2) is 7.40. The van der Waals surface area contributed by atoms with Gasteiger partial charge in [0.1, 0.15) is 6.04 Å². The number of rotatable bonds is 4. The molecule has 24 heavy (non-hydrogen) atoms. The lowest BCUT2D eigenvalue weighted by atomic mass is 10.2. The number of carbonyl (C=O) groups is 2. The molecule has 5 nitrogen and oxygen atoms in total. The number of nitrogens with zero attached hydrogens (tertiary/aromatic N) is 1. The van der Waals surface area contributed by atoms with E-state index < -0.39 is 6.04 Å². The topological polar surface area (TPSA) is 61.4 Å². The lowest BCUT2D eigenvalue weighted by Gasteiger charge is -2.17. The summed E-state index contributed by atoms with van der Waals surface area (Å²) in [7, 11) is 0. The first-order chi connectivity index (χ1) is 11.7. The number of thioether (sulfide) groups is 1. The highest BCUT2D eigenvalue weighted by Crippen LogP contribution is 2.21. The van der Waals surface area contributed by atoms with Crippen molar-refractivity contribution >= 4 is 35.1 Å². The number of carbonyl (C=O) groups excluding carboxylic acids is 2. The first-order valence-corrected chi connectivity index (χ1v) is 8.98. The van der Waals surface area contributed by atoms with Gasteiger partial charge in [-0.1, -0.05) is 18.2 Å². The summed E-state index contributed by atoms with van der Waals surface area (Å²) in [4.78, 5) is 27.4. The van der Waals surface area contributed by atoms with Crippen LogP contribution in [0.25, 0.3) is 0 Å². The van der Waals surface area contributed by atoms with Gasteiger partial charge in [-0.05, 0) is 49.1 Å². The third-order valence-corrected chi connectivity index (χ3v) is 4.67. The Labute approximate surface area is 145 Å². The molecular weight excluding hydrogens is 322 g/mol. The predicted octanol–water partition coefficient (Wildman–Crippen LogP) is 3.34. The van der Waals surface area contributed by atoms with Crippen LogP contribution in [0.1, 0.15) is 6.42 Å². The van der Waals surface area contributed by atoms with E-state index in [0.29, 0.717) is 18.7 Å². The van der Waals surface area contributed by atoms with Crippen molar-refractivity contribution in [3.63, 3.8) is 0 Å². The zero-order valence-corrected chi connectivity index (χ0v) is 14.2. The standard InChI is InChI=1S/C18H19N3O2S/c1-24-15-9-7-13(8-10-15)19-18(23)20-16-11-12-21(17(16)22)14-5-3-2-4-6-14/h2-10,16H,11-12H2,1H3,(H2,19,20,23)/t16-/m1/s1. The Balaban J connectivity index is 1.58. The summed E-state index contributed by atoms with van der Waals surface area (Å²) in [6, 6.07) is 16.2. The van der Waals surface area contributed by atoms with E-state index in [1.807, 2.05) is 60.9 Å². The summed E-state index contributed by atoms with van der Waals surface area (Å²) < 4.78 is 0. The van der Waals surface area contributed by atoms with Gasteiger partial charge in [0.25, 0.3) is 0 Å². The predicted molar refractivity (Wildman–Crippen MR) is 97.6 cm³/mol. The van der Waals surface area contributed by atoms with Gasteiger partial charge in [0.15, 0.2) is 0 Å². The van der Waals surface area contributed by atoms with Crippen molar-refractivity contribution < 1.29 is 9.59 Å². The van der Waals surface area contributed by atoms with Crippen molar-refractivity contribution in [1.82, 2.24) is 5.32 Å². The average Bonchev–Trinajstić information content (AvgIpc) is 2.97. The molecule has 0 aromatic heterocycles. The first-order valence-electron chi connectivity index (χ1n) is 7.75. The number of nitrogens with one attached hydrogen (secondary N) is 2. The first kappa shape index (κ1) is 16.4. The molecular formula is C18H19N3O2S. The molecule has 124 valence electrons. The van der Waals surface area contributed by atoms with Crippen molar-refractivity contribution in [1.29, 1.82) is 0 Å². The minimum atomic E-state index is -0.490. The van der Waals surface area contributed by atoms with Gasteiger partial charge in [-0.2, -0.15) is 0 Å². The minimum Gasteiger partial charge on any atom is -0.326 e. The molecule has 6 heteroatoms. The molecule has 1 fully saturated rings. The number of hydrogen-bond donors (Lipinski definition) is 2. The molecule has 3 amide bonds. The molecule has 0 spiro atoms. The zero-order valence-electron chi connectivity index (χ0n) is 13.4. The summed E-state index contributed by atoms with van der Waals surface area (Å²) in [6.07, 6.45) is 2.60. The Hall–Kier alpha value is -2.47. The summed E-state index contributed by atoms with van der Waals surface area (Å²) in [6.45, 7) is 0.607. The van der Waals surface area contributed by atoms with Gasteiger partial charge < -0.3 is 15.5 Å². The largest absolute Gasteiger partial charge is 0.326 e. The summed E-state index contributed by atoms with van der Waals surface area (Å²) in [5.74, 6) is -0.0749. The van der Waals surface area contributed by atoms with Gasteiger partial charge in [-0.3, -0.25) is 4.79 Å². The summed E-state index contributed by atoms with van der Waals surface area (Å²) in [5, 5.41) is 5.52. The van der Waals surface area contributed by atoms with E-state index >= 15 is 0 Å². The highest BCUT2D eigenvalue weighted by Gasteiger charge is 2.33. The van der Waals surface area contributed by atoms with Crippen LogP contribution in [0.5, 0.6) is 0 Å². The monoisotopic (exact) mass is 341 g/mol. The third-order valence-electron chi connectivity index (χ3n) is 3.93. The second-order valence-electron chi connectivity index (χ2n) is 5.49. The Bertz CT molecular complexity index is 719. The Morgan fingerprint density at radius 3 is 2.50 bits per heavy atom. The van der Waals surface area contributed by atoms with Gasteiger partial charge in [0, 0.05) is 22.8 Å². The maximum Gasteiger partial charge on any atom is 0.319 e. The molecule has 1 aliphatic heterocycles. The quantitative estimate of drug-likeness (QED) is 0.839. The fourth-order valence-electron chi connectivity index (χ4n) is 2.68. The van der Waals surface area contributed by atoms with Crippen LogP contribution in [0.15, 0.2) is 59.5 Å². The fraction of sp³-hybridized carbons (Fsp3) is 0.222. The second-order valence-corrected chi connectivity index (χ2v) is 6.37. The van der Waals surface area contributed by atoms with E-state index in [1.54, 1.807) is 16.7 Å². The molecule has 1 atom stereocenters. The smallest absolute Gasteiger partial charge is 0.319 e. The van der Waals surface area contributed by atoms with Crippen molar-refractivity contribution in [3.05, 3.63) is 54.6 Å². The third kappa shape index (κ3) is 3.71. The minimum absolute atomic E-state index is 0.0749. The molecule has 0 saturated carbocycles. The van der Waals surface area contributed by atoms with E-state index in [1.165, 1.54) is 0 Å². The average molecular weight is 341 g/mol. The van der Waals surface area contributed by atoms with Crippen LogP contribution in [0.2, 0.25) is 0 Å². The van der Waals surface area contributed by atoms with Gasteiger partial charge in [-0.15, -0.1) is 11.8 Å². The van der Waals surface area contributed by atoms with Gasteiger partial charge in [-0.25, -0.2) is 4.79 Å². The van der Waals surface area contributed by atoms with Crippen molar-refractivity contribution in [2.75, 3.05) is 23.0 Å². The molecule has 0 aliphatic carbocycles. The van der Waals surface area contributed by atoms with E-state index in [0.717, 1.165) is 10.6 Å². The highest BCUT2D eigenvalue weighted by atomic mass is 32.2. The molecule has 0 bridgehead atoms. The molecule has 3 rings (SSSR count). The van der Waals surface area contributed by atoms with Crippen LogP contribution in [-0.4, -0.2) is 30.8 Å². The molecule has 1 saturated heterocycles. The Morgan fingerprint density at radius 2 is 1.83 bits per heavy atom. The molecule has 0 unspecified atom stereocenters. The number of amides is 3. The van der Waals surface area contributed by atoms with Gasteiger partial charge in [0.05, 0.1) is 0 Å². The lowest BCUT2D eigenvalue weighted by Crippen LogP contribution is -2.43. The molecule has 2 aromatic rings. The van der Waals surface area contributed by atoms with Crippen LogP contribution in [-0.2, 0) is 4.79 Å². The molecule has 1 heterocycles. The molecule has 2 aromatic carbocycles. The summed E-state index contributed by atoms with van der Waals surface area (Å²) >= 11 is 1.64. The number of hydrogen-bond acceptors (Lipinski definition) is 3. The van der Waals surface area contributed by atoms with Gasteiger partial charge in [0.2, 0.25) is 5.91 Å². The van der Waals surface area contributed by atoms with Crippen LogP contribution >= 0.6 is 11.8 Å². The molecule has 1 aliphatic rings. The Morgan fingerprint density at radius 1 is 1.12 bits per heavy atom. The number of anilines is 2. The van der Waals surface area contributed by atoms with E-state index in [-0.39, 0.29) is 11.9 Å². The fourth-order valence-corrected chi connectivity index (χ4v) is 3.09. The zero-order chi connectivity index (χ0) is 16.9. The maximum atomic E-state index is 12.5. The van der Waals surface area contributed by atoms with E-state index in [4.69, 9.17) is 0 Å². The van der Waals surface area contributed by atoms with E-state index in [9.17, 15) is 9.59 Å². The lowest BCUT2D eigenvalue weighted by molar-refractivity contribution is -0.118. The molecule has 0 radical (unpaired) electrons. The number of para-hydroxylation sites is 1. The van der Waals surface area contributed by atoms with E-state index in [2.05, 4.69) is 10.6 Å². The highest BCUT2D eigenvalue weighted by molar-refractivity contribution is 7.98.